The van der Waals surface area contributed by atoms with Crippen LogP contribution < -0.4 is 0 Å². The Bertz CT molecular complexity index is 1060. The van der Waals surface area contributed by atoms with E-state index in [9.17, 15) is 8.50 Å². The van der Waals surface area contributed by atoms with E-state index in [0.29, 0.717) is 5.75 Å². The van der Waals surface area contributed by atoms with Crippen molar-refractivity contribution in [2.45, 2.75) is 62.3 Å². The summed E-state index contributed by atoms with van der Waals surface area (Å²) in [5.41, 5.74) is 11.6. The minimum absolute atomic E-state index is 0. The quantitative estimate of drug-likeness (QED) is 0.282. The first kappa shape index (κ1) is 32.1. The Balaban J connectivity index is 0.00000106. The predicted molar refractivity (Wildman–Crippen MR) is 147 cm³/mol. The SMILES string of the molecule is CC(C)(C)[CH]=[W]=[O].Cc1cc(C)c(-c2cccc(-c3c(C)cc(C)cc3C)c2O)c(C)c1.Cl.[CH3-]. The largest absolute Gasteiger partial charge is 0.507 e. The van der Waals surface area contributed by atoms with E-state index in [2.05, 4.69) is 86.6 Å². The van der Waals surface area contributed by atoms with Crippen molar-refractivity contribution in [3.8, 4) is 28.0 Å². The van der Waals surface area contributed by atoms with Gasteiger partial charge in [0, 0.05) is 11.1 Å². The maximum Gasteiger partial charge on any atom is 0.131 e. The summed E-state index contributed by atoms with van der Waals surface area (Å²) in [6.45, 7) is 18.9. The Kier molecular flexibility index (Phi) is 12.5. The van der Waals surface area contributed by atoms with Gasteiger partial charge < -0.3 is 12.5 Å². The fraction of sp³-hybridized carbons (Fsp3) is 0.333. The van der Waals surface area contributed by atoms with Crippen molar-refractivity contribution in [1.29, 1.82) is 0 Å². The third kappa shape index (κ3) is 8.10. The normalized spacial score (nSPS) is 10.3. The number of phenols is 1. The second-order valence-corrected chi connectivity index (χ2v) is 11.4. The standard InChI is InChI=1S/C24H26O.C5H10.CH3.ClH.O.W/c1-14-10-16(3)22(17(4)11-14)20-8-7-9-21(24(20)25)23-18(5)12-15(2)13-19(23)6;1-5(2,3)4;;;;/h7-13,25H,1-6H3;1H,2-4H3;1H3;1H;;/q;;-1;;;. The summed E-state index contributed by atoms with van der Waals surface area (Å²) in [5, 5.41) is 11.1. The third-order valence-corrected chi connectivity index (χ3v) is 8.22. The first-order valence-electron chi connectivity index (χ1n) is 11.0. The van der Waals surface area contributed by atoms with Gasteiger partial charge in [-0.25, -0.2) is 0 Å². The molecule has 0 saturated carbocycles. The van der Waals surface area contributed by atoms with E-state index in [0.717, 1.165) is 22.3 Å². The van der Waals surface area contributed by atoms with Crippen LogP contribution in [-0.4, -0.2) is 9.51 Å². The number of hydrogen-bond acceptors (Lipinski definition) is 2. The van der Waals surface area contributed by atoms with Gasteiger partial charge in [-0.1, -0.05) is 53.6 Å². The van der Waals surface area contributed by atoms with Crippen LogP contribution in [0.3, 0.4) is 0 Å². The molecule has 0 radical (unpaired) electrons. The molecular weight excluding hydrogens is 612 g/mol. The van der Waals surface area contributed by atoms with Crippen LogP contribution in [-0.2, 0) is 21.5 Å². The van der Waals surface area contributed by atoms with Gasteiger partial charge in [-0.05, 0) is 74.9 Å². The van der Waals surface area contributed by atoms with E-state index in [1.54, 1.807) is 0 Å². The fourth-order valence-corrected chi connectivity index (χ4v) is 5.34. The number of para-hydroxylation sites is 1. The molecule has 3 rings (SSSR count). The molecule has 0 saturated heterocycles. The average molecular weight is 652 g/mol. The molecule has 0 bridgehead atoms. The Labute approximate surface area is 221 Å². The molecule has 34 heavy (non-hydrogen) atoms. The van der Waals surface area contributed by atoms with E-state index >= 15 is 0 Å². The van der Waals surface area contributed by atoms with E-state index in [1.807, 2.05) is 22.6 Å². The molecule has 0 atom stereocenters. The molecule has 4 heteroatoms. The van der Waals surface area contributed by atoms with E-state index < -0.39 is 18.1 Å². The smallest absolute Gasteiger partial charge is 0.131 e. The van der Waals surface area contributed by atoms with E-state index in [-0.39, 0.29) is 25.2 Å². The van der Waals surface area contributed by atoms with Crippen LogP contribution in [0.1, 0.15) is 54.2 Å². The topological polar surface area (TPSA) is 37.3 Å². The zero-order valence-electron chi connectivity index (χ0n) is 22.3. The second kappa shape index (κ2) is 13.3. The Morgan fingerprint density at radius 2 is 1.06 bits per heavy atom. The van der Waals surface area contributed by atoms with Gasteiger partial charge in [0.15, 0.2) is 0 Å². The molecule has 0 unspecified atom stereocenters. The van der Waals surface area contributed by atoms with Crippen LogP contribution in [0.15, 0.2) is 42.5 Å². The van der Waals surface area contributed by atoms with Gasteiger partial charge in [-0.2, -0.15) is 0 Å². The second-order valence-electron chi connectivity index (χ2n) is 9.83. The molecule has 2 nitrogen and oxygen atoms in total. The summed E-state index contributed by atoms with van der Waals surface area (Å²) >= 11 is -1.27. The molecule has 0 aliphatic carbocycles. The van der Waals surface area contributed by atoms with Crippen molar-refractivity contribution in [3.63, 3.8) is 0 Å². The van der Waals surface area contributed by atoms with E-state index in [1.165, 1.54) is 33.4 Å². The van der Waals surface area contributed by atoms with Gasteiger partial charge >= 0.3 is 52.0 Å². The van der Waals surface area contributed by atoms with Gasteiger partial charge in [0.25, 0.3) is 0 Å². The van der Waals surface area contributed by atoms with Gasteiger partial charge in [0.2, 0.25) is 0 Å². The molecule has 3 aromatic rings. The number of phenolic OH excluding ortho intramolecular Hbond substituents is 1. The number of rotatable bonds is 2. The molecule has 0 heterocycles. The van der Waals surface area contributed by atoms with Crippen LogP contribution in [0.2, 0.25) is 0 Å². The Morgan fingerprint density at radius 3 is 1.29 bits per heavy atom. The summed E-state index contributed by atoms with van der Waals surface area (Å²) in [6.07, 6.45) is 0. The number of halogens is 1. The van der Waals surface area contributed by atoms with Gasteiger partial charge in [0.05, 0.1) is 0 Å². The maximum atomic E-state index is 11.1. The molecule has 0 amide bonds. The zero-order chi connectivity index (χ0) is 24.2. The monoisotopic (exact) mass is 651 g/mol. The van der Waals surface area contributed by atoms with Crippen molar-refractivity contribution in [3.05, 3.63) is 83.3 Å². The molecule has 0 aliphatic rings. The van der Waals surface area contributed by atoms with Crippen LogP contribution >= 0.6 is 12.4 Å². The molecule has 0 spiro atoms. The van der Waals surface area contributed by atoms with Crippen molar-refractivity contribution < 1.29 is 26.6 Å². The van der Waals surface area contributed by atoms with Gasteiger partial charge in [-0.15, -0.1) is 12.4 Å². The average Bonchev–Trinajstić information content (AvgIpc) is 2.62. The molecule has 0 aromatic heterocycles. The minimum Gasteiger partial charge on any atom is -0.507 e. The molecule has 0 fully saturated rings. The first-order valence-corrected chi connectivity index (χ1v) is 13.9. The van der Waals surface area contributed by atoms with Crippen LogP contribution in [0.25, 0.3) is 22.3 Å². The number of hydrogen-bond donors (Lipinski definition) is 1. The summed E-state index contributed by atoms with van der Waals surface area (Å²) in [4.78, 5) is 0. The van der Waals surface area contributed by atoms with Crippen LogP contribution in [0.4, 0.5) is 0 Å². The third-order valence-electron chi connectivity index (χ3n) is 5.33. The Hall–Kier alpha value is -1.89. The maximum absolute atomic E-state index is 11.1. The fourth-order valence-electron chi connectivity index (χ4n) is 4.30. The molecule has 1 N–H and O–H groups in total. The number of aromatic hydroxyl groups is 1. The summed E-state index contributed by atoms with van der Waals surface area (Å²) in [7, 11) is 0. The van der Waals surface area contributed by atoms with Crippen molar-refractivity contribution in [1.82, 2.24) is 0 Å². The molecule has 186 valence electrons. The predicted octanol–water partition coefficient (Wildman–Crippen LogP) is 8.71. The van der Waals surface area contributed by atoms with Crippen molar-refractivity contribution >= 4 is 16.8 Å². The number of aryl methyl sites for hydroxylation is 6. The van der Waals surface area contributed by atoms with Crippen molar-refractivity contribution in [2.24, 2.45) is 5.41 Å². The Morgan fingerprint density at radius 1 is 0.735 bits per heavy atom. The van der Waals surface area contributed by atoms with Gasteiger partial charge in [-0.3, -0.25) is 0 Å². The molecule has 0 aliphatic heterocycles. The number of benzene rings is 3. The summed E-state index contributed by atoms with van der Waals surface area (Å²) in [5.74, 6) is 0.368. The van der Waals surface area contributed by atoms with Crippen LogP contribution in [0.5, 0.6) is 5.75 Å². The van der Waals surface area contributed by atoms with E-state index in [4.69, 9.17) is 0 Å². The first-order chi connectivity index (χ1) is 14.9. The molecular formula is C30H40ClO2W-. The zero-order valence-corrected chi connectivity index (χ0v) is 26.0. The van der Waals surface area contributed by atoms with Crippen molar-refractivity contribution in [2.75, 3.05) is 0 Å². The minimum atomic E-state index is -1.27. The van der Waals surface area contributed by atoms with Crippen LogP contribution in [0, 0.1) is 54.4 Å². The summed E-state index contributed by atoms with van der Waals surface area (Å²) < 4.78 is 12.0. The summed E-state index contributed by atoms with van der Waals surface area (Å²) in [6, 6.07) is 14.8. The molecule has 3 aromatic carbocycles. The van der Waals surface area contributed by atoms with Gasteiger partial charge in [0.1, 0.15) is 5.75 Å².